The molecular weight excluding hydrogens is 304 g/mol. The van der Waals surface area contributed by atoms with Crippen LogP contribution in [0.4, 0.5) is 0 Å². The second kappa shape index (κ2) is 4.14. The van der Waals surface area contributed by atoms with Gasteiger partial charge in [-0.25, -0.2) is 9.59 Å². The third kappa shape index (κ3) is 1.32. The van der Waals surface area contributed by atoms with Crippen LogP contribution in [0.1, 0.15) is 39.5 Å². The van der Waals surface area contributed by atoms with Gasteiger partial charge in [0.1, 0.15) is 0 Å². The summed E-state index contributed by atoms with van der Waals surface area (Å²) in [6.07, 6.45) is 5.14. The minimum Gasteiger partial charge on any atom is -0.466 e. The van der Waals surface area contributed by atoms with E-state index in [-0.39, 0.29) is 29.2 Å². The number of hydrogen-bond acceptors (Lipinski definition) is 4. The van der Waals surface area contributed by atoms with E-state index in [9.17, 15) is 9.59 Å². The fourth-order valence-electron chi connectivity index (χ4n) is 7.07. The van der Waals surface area contributed by atoms with Crippen molar-refractivity contribution < 1.29 is 19.1 Å². The monoisotopic (exact) mass is 328 g/mol. The van der Waals surface area contributed by atoms with Crippen LogP contribution in [0.25, 0.3) is 0 Å². The quantitative estimate of drug-likeness (QED) is 0.577. The molecule has 4 atom stereocenters. The molecule has 0 amide bonds. The van der Waals surface area contributed by atoms with Gasteiger partial charge in [0.25, 0.3) is 0 Å². The molecule has 0 aromatic carbocycles. The lowest BCUT2D eigenvalue weighted by Gasteiger charge is -2.33. The molecule has 24 heavy (non-hydrogen) atoms. The first kappa shape index (κ1) is 14.7. The molecule has 0 aromatic heterocycles. The summed E-state index contributed by atoms with van der Waals surface area (Å²) in [5.41, 5.74) is 4.53. The summed E-state index contributed by atoms with van der Waals surface area (Å²) in [6, 6.07) is 0. The molecule has 5 rings (SSSR count). The van der Waals surface area contributed by atoms with Gasteiger partial charge in [-0.2, -0.15) is 0 Å². The standard InChI is InChI=1S/C20H24O4/c1-19(2)15-11-9-5-6-10(20(9)7-8-20)12(11)16(19)14(18(22)24-4)13(15)17(21)23-3/h9-10,15-16H,5-8H2,1-4H3. The van der Waals surface area contributed by atoms with Crippen LogP contribution in [0.2, 0.25) is 0 Å². The largest absolute Gasteiger partial charge is 0.466 e. The lowest BCUT2D eigenvalue weighted by atomic mass is 9.70. The SMILES string of the molecule is COC(=O)C1=C(C(=O)OC)C2C3=C(C1C2(C)C)C1CCC3C12CC2. The first-order chi connectivity index (χ1) is 11.4. The molecule has 1 spiro atoms. The van der Waals surface area contributed by atoms with Gasteiger partial charge in [-0.3, -0.25) is 0 Å². The molecule has 0 aliphatic heterocycles. The van der Waals surface area contributed by atoms with Gasteiger partial charge in [-0.1, -0.05) is 25.0 Å². The molecule has 0 saturated heterocycles. The zero-order valence-corrected chi connectivity index (χ0v) is 14.8. The molecule has 0 heterocycles. The number of ether oxygens (including phenoxy) is 2. The van der Waals surface area contributed by atoms with Gasteiger partial charge in [-0.15, -0.1) is 0 Å². The number of carbonyl (C=O) groups excluding carboxylic acids is 2. The summed E-state index contributed by atoms with van der Waals surface area (Å²) in [5, 5.41) is 0. The number of fused-ring (bicyclic) bond motifs is 6. The number of allylic oxidation sites excluding steroid dienone is 2. The Morgan fingerprint density at radius 2 is 1.29 bits per heavy atom. The molecule has 4 bridgehead atoms. The van der Waals surface area contributed by atoms with Crippen molar-refractivity contribution >= 4 is 11.9 Å². The van der Waals surface area contributed by atoms with Crippen molar-refractivity contribution in [3.05, 3.63) is 22.3 Å². The summed E-state index contributed by atoms with van der Waals surface area (Å²) in [5.74, 6) is 0.625. The summed E-state index contributed by atoms with van der Waals surface area (Å²) in [4.78, 5) is 25.2. The Labute approximate surface area is 142 Å². The van der Waals surface area contributed by atoms with Gasteiger partial charge in [0, 0.05) is 11.8 Å². The molecule has 0 radical (unpaired) electrons. The Balaban J connectivity index is 1.71. The molecular formula is C20H24O4. The molecule has 5 aliphatic carbocycles. The van der Waals surface area contributed by atoms with Crippen LogP contribution in [-0.4, -0.2) is 26.2 Å². The van der Waals surface area contributed by atoms with Crippen molar-refractivity contribution in [1.82, 2.24) is 0 Å². The first-order valence-corrected chi connectivity index (χ1v) is 9.04. The molecule has 4 unspecified atom stereocenters. The number of esters is 2. The van der Waals surface area contributed by atoms with Crippen molar-refractivity contribution in [3.63, 3.8) is 0 Å². The number of methoxy groups -OCH3 is 2. The topological polar surface area (TPSA) is 52.6 Å². The summed E-state index contributed by atoms with van der Waals surface area (Å²) < 4.78 is 10.1. The molecule has 0 N–H and O–H groups in total. The molecule has 0 aromatic rings. The lowest BCUT2D eigenvalue weighted by molar-refractivity contribution is -0.139. The van der Waals surface area contributed by atoms with E-state index >= 15 is 0 Å². The zero-order valence-electron chi connectivity index (χ0n) is 14.8. The van der Waals surface area contributed by atoms with E-state index in [1.807, 2.05) is 0 Å². The molecule has 128 valence electrons. The van der Waals surface area contributed by atoms with Gasteiger partial charge in [0.2, 0.25) is 0 Å². The number of rotatable bonds is 2. The van der Waals surface area contributed by atoms with Crippen LogP contribution in [0, 0.1) is 34.5 Å². The minimum atomic E-state index is -0.352. The highest BCUT2D eigenvalue weighted by Gasteiger charge is 2.74. The highest BCUT2D eigenvalue weighted by Crippen LogP contribution is 2.81. The predicted molar refractivity (Wildman–Crippen MR) is 86.7 cm³/mol. The van der Waals surface area contributed by atoms with E-state index in [1.165, 1.54) is 51.0 Å². The van der Waals surface area contributed by atoms with Crippen molar-refractivity contribution in [2.45, 2.75) is 39.5 Å². The summed E-state index contributed by atoms with van der Waals surface area (Å²) >= 11 is 0. The summed E-state index contributed by atoms with van der Waals surface area (Å²) in [6.45, 7) is 4.41. The third-order valence-electron chi connectivity index (χ3n) is 7.83. The third-order valence-corrected chi connectivity index (χ3v) is 7.83. The first-order valence-electron chi connectivity index (χ1n) is 9.04. The Hall–Kier alpha value is -1.58. The zero-order chi connectivity index (χ0) is 17.0. The van der Waals surface area contributed by atoms with Crippen molar-refractivity contribution in [2.75, 3.05) is 14.2 Å². The van der Waals surface area contributed by atoms with E-state index in [0.717, 1.165) is 0 Å². The molecule has 5 aliphatic rings. The Morgan fingerprint density at radius 1 is 0.875 bits per heavy atom. The molecule has 4 heteroatoms. The van der Waals surface area contributed by atoms with E-state index < -0.39 is 0 Å². The summed E-state index contributed by atoms with van der Waals surface area (Å²) in [7, 11) is 2.81. The van der Waals surface area contributed by atoms with Crippen molar-refractivity contribution in [2.24, 2.45) is 34.5 Å². The fraction of sp³-hybridized carbons (Fsp3) is 0.700. The highest BCUT2D eigenvalue weighted by molar-refractivity contribution is 6.04. The maximum atomic E-state index is 12.6. The lowest BCUT2D eigenvalue weighted by Crippen LogP contribution is -2.29. The number of hydrogen-bond donors (Lipinski definition) is 0. The number of carbonyl (C=O) groups is 2. The van der Waals surface area contributed by atoms with E-state index in [4.69, 9.17) is 9.47 Å². The van der Waals surface area contributed by atoms with Crippen LogP contribution in [0.3, 0.4) is 0 Å². The Morgan fingerprint density at radius 3 is 1.62 bits per heavy atom. The maximum Gasteiger partial charge on any atom is 0.334 e. The average Bonchev–Trinajstić information content (AvgIpc) is 3.09. The Bertz CT molecular complexity index is 694. The molecule has 2 fully saturated rings. The van der Waals surface area contributed by atoms with Crippen LogP contribution < -0.4 is 0 Å². The van der Waals surface area contributed by atoms with E-state index in [0.29, 0.717) is 28.4 Å². The van der Waals surface area contributed by atoms with E-state index in [1.54, 1.807) is 0 Å². The van der Waals surface area contributed by atoms with Crippen molar-refractivity contribution in [1.29, 1.82) is 0 Å². The molecule has 2 saturated carbocycles. The minimum absolute atomic E-state index is 0.0341. The van der Waals surface area contributed by atoms with Gasteiger partial charge in [0.15, 0.2) is 0 Å². The molecule has 4 nitrogen and oxygen atoms in total. The highest BCUT2D eigenvalue weighted by atomic mass is 16.5. The van der Waals surface area contributed by atoms with Crippen molar-refractivity contribution in [3.8, 4) is 0 Å². The van der Waals surface area contributed by atoms with Gasteiger partial charge >= 0.3 is 11.9 Å². The fourth-order valence-corrected chi connectivity index (χ4v) is 7.07. The smallest absolute Gasteiger partial charge is 0.334 e. The second-order valence-corrected chi connectivity index (χ2v) is 8.82. The average molecular weight is 328 g/mol. The van der Waals surface area contributed by atoms with Gasteiger partial charge in [0.05, 0.1) is 25.4 Å². The Kier molecular flexibility index (Phi) is 2.55. The van der Waals surface area contributed by atoms with Gasteiger partial charge < -0.3 is 9.47 Å². The van der Waals surface area contributed by atoms with Crippen LogP contribution >= 0.6 is 0 Å². The van der Waals surface area contributed by atoms with Crippen LogP contribution in [-0.2, 0) is 19.1 Å². The van der Waals surface area contributed by atoms with Crippen LogP contribution in [0.5, 0.6) is 0 Å². The predicted octanol–water partition coefficient (Wildman–Crippen LogP) is 3.03. The maximum absolute atomic E-state index is 12.6. The van der Waals surface area contributed by atoms with Gasteiger partial charge in [-0.05, 0) is 48.3 Å². The second-order valence-electron chi connectivity index (χ2n) is 8.82. The normalized spacial score (nSPS) is 38.8. The van der Waals surface area contributed by atoms with E-state index in [2.05, 4.69) is 13.8 Å². The van der Waals surface area contributed by atoms with Crippen LogP contribution in [0.15, 0.2) is 22.3 Å².